The standard InChI is InChI=1S/C14H17Cl2NO4S/c1-3-20-11-4-5-12(16)10(6-11)8-22(18,19)13-7-14(2,9-15)21-17-13/h4-6H,3,7-9H2,1-2H3. The molecule has 0 saturated carbocycles. The third-order valence-electron chi connectivity index (χ3n) is 3.21. The van der Waals surface area contributed by atoms with Gasteiger partial charge >= 0.3 is 0 Å². The molecule has 0 bridgehead atoms. The minimum absolute atomic E-state index is 0.00599. The number of halogens is 2. The van der Waals surface area contributed by atoms with Crippen molar-refractivity contribution in [3.63, 3.8) is 0 Å². The average molecular weight is 366 g/mol. The van der Waals surface area contributed by atoms with Crippen LogP contribution in [0, 0.1) is 0 Å². The summed E-state index contributed by atoms with van der Waals surface area (Å²) >= 11 is 11.9. The van der Waals surface area contributed by atoms with Gasteiger partial charge in [-0.15, -0.1) is 11.6 Å². The maximum absolute atomic E-state index is 12.5. The summed E-state index contributed by atoms with van der Waals surface area (Å²) in [6.07, 6.45) is 0.154. The van der Waals surface area contributed by atoms with Gasteiger partial charge in [-0.2, -0.15) is 0 Å². The summed E-state index contributed by atoms with van der Waals surface area (Å²) in [6, 6.07) is 4.94. The first-order valence-electron chi connectivity index (χ1n) is 6.74. The Bertz CT molecular complexity index is 690. The van der Waals surface area contributed by atoms with Gasteiger partial charge in [0.2, 0.25) is 0 Å². The smallest absolute Gasteiger partial charge is 0.199 e. The van der Waals surface area contributed by atoms with E-state index in [0.29, 0.717) is 22.9 Å². The Kier molecular flexibility index (Phi) is 5.25. The lowest BCUT2D eigenvalue weighted by Gasteiger charge is -2.16. The largest absolute Gasteiger partial charge is 0.494 e. The van der Waals surface area contributed by atoms with E-state index in [1.165, 1.54) is 0 Å². The van der Waals surface area contributed by atoms with Crippen molar-refractivity contribution >= 4 is 38.1 Å². The molecule has 1 aromatic carbocycles. The number of hydrogen-bond donors (Lipinski definition) is 0. The minimum atomic E-state index is -3.62. The van der Waals surface area contributed by atoms with Gasteiger partial charge in [-0.1, -0.05) is 16.8 Å². The van der Waals surface area contributed by atoms with Gasteiger partial charge in [-0.05, 0) is 37.6 Å². The Balaban J connectivity index is 2.21. The van der Waals surface area contributed by atoms with E-state index in [1.54, 1.807) is 25.1 Å². The predicted molar refractivity (Wildman–Crippen MR) is 87.5 cm³/mol. The number of sulfone groups is 1. The van der Waals surface area contributed by atoms with E-state index < -0.39 is 15.4 Å². The van der Waals surface area contributed by atoms with Crippen molar-refractivity contribution in [2.75, 3.05) is 12.5 Å². The highest BCUT2D eigenvalue weighted by molar-refractivity contribution is 8.05. The molecule has 0 N–H and O–H groups in total. The summed E-state index contributed by atoms with van der Waals surface area (Å²) in [5.41, 5.74) is -0.309. The highest BCUT2D eigenvalue weighted by atomic mass is 35.5. The number of oxime groups is 1. The number of alkyl halides is 1. The quantitative estimate of drug-likeness (QED) is 0.750. The second-order valence-electron chi connectivity index (χ2n) is 5.28. The first-order chi connectivity index (χ1) is 10.3. The van der Waals surface area contributed by atoms with E-state index in [2.05, 4.69) is 5.16 Å². The molecule has 1 atom stereocenters. The number of rotatable bonds is 5. The van der Waals surface area contributed by atoms with Crippen molar-refractivity contribution in [3.8, 4) is 5.75 Å². The highest BCUT2D eigenvalue weighted by Gasteiger charge is 2.39. The fourth-order valence-electron chi connectivity index (χ4n) is 1.99. The molecule has 22 heavy (non-hydrogen) atoms. The van der Waals surface area contributed by atoms with Gasteiger partial charge < -0.3 is 9.57 Å². The van der Waals surface area contributed by atoms with E-state index >= 15 is 0 Å². The topological polar surface area (TPSA) is 65.0 Å². The average Bonchev–Trinajstić information content (AvgIpc) is 2.87. The van der Waals surface area contributed by atoms with Crippen LogP contribution in [-0.2, 0) is 20.4 Å². The van der Waals surface area contributed by atoms with E-state index in [0.717, 1.165) is 0 Å². The van der Waals surface area contributed by atoms with Crippen LogP contribution >= 0.6 is 23.2 Å². The molecule has 1 aliphatic heterocycles. The minimum Gasteiger partial charge on any atom is -0.494 e. The molecule has 0 aliphatic carbocycles. The van der Waals surface area contributed by atoms with Crippen LogP contribution in [-0.4, -0.2) is 31.5 Å². The predicted octanol–water partition coefficient (Wildman–Crippen LogP) is 3.38. The summed E-state index contributed by atoms with van der Waals surface area (Å²) in [5, 5.41) is 4.05. The van der Waals surface area contributed by atoms with Crippen molar-refractivity contribution in [2.45, 2.75) is 31.6 Å². The highest BCUT2D eigenvalue weighted by Crippen LogP contribution is 2.30. The Morgan fingerprint density at radius 1 is 1.45 bits per heavy atom. The molecule has 0 radical (unpaired) electrons. The van der Waals surface area contributed by atoms with Gasteiger partial charge in [0.25, 0.3) is 0 Å². The second kappa shape index (κ2) is 6.64. The van der Waals surface area contributed by atoms with Crippen LogP contribution in [0.1, 0.15) is 25.8 Å². The van der Waals surface area contributed by atoms with Crippen LogP contribution < -0.4 is 4.74 Å². The molecule has 0 aromatic heterocycles. The fraction of sp³-hybridized carbons (Fsp3) is 0.500. The summed E-state index contributed by atoms with van der Waals surface area (Å²) in [4.78, 5) is 5.14. The van der Waals surface area contributed by atoms with Gasteiger partial charge in [-0.25, -0.2) is 8.42 Å². The molecule has 1 aliphatic rings. The van der Waals surface area contributed by atoms with Crippen LogP contribution in [0.2, 0.25) is 5.02 Å². The van der Waals surface area contributed by atoms with Gasteiger partial charge in [-0.3, -0.25) is 0 Å². The summed E-state index contributed by atoms with van der Waals surface area (Å²) < 4.78 is 30.3. The van der Waals surface area contributed by atoms with Gasteiger partial charge in [0.05, 0.1) is 18.2 Å². The van der Waals surface area contributed by atoms with E-state index in [4.69, 9.17) is 32.8 Å². The zero-order valence-corrected chi connectivity index (χ0v) is 14.6. The monoisotopic (exact) mass is 365 g/mol. The number of hydrogen-bond acceptors (Lipinski definition) is 5. The number of ether oxygens (including phenoxy) is 1. The molecule has 8 heteroatoms. The van der Waals surface area contributed by atoms with E-state index in [-0.39, 0.29) is 23.1 Å². The number of benzene rings is 1. The molecule has 1 aromatic rings. The SMILES string of the molecule is CCOc1ccc(Cl)c(CS(=O)(=O)C2=NOC(C)(CCl)C2)c1. The third-order valence-corrected chi connectivity index (χ3v) is 5.77. The lowest BCUT2D eigenvalue weighted by molar-refractivity contribution is 0.0152. The first kappa shape index (κ1) is 17.4. The molecule has 1 heterocycles. The van der Waals surface area contributed by atoms with Crippen LogP contribution in [0.25, 0.3) is 0 Å². The molecule has 0 fully saturated rings. The Labute approximate surface area is 140 Å². The van der Waals surface area contributed by atoms with Crippen LogP contribution in [0.15, 0.2) is 23.4 Å². The zero-order valence-electron chi connectivity index (χ0n) is 12.3. The normalized spacial score (nSPS) is 21.4. The van der Waals surface area contributed by atoms with Crippen molar-refractivity contribution in [1.82, 2.24) is 0 Å². The maximum atomic E-state index is 12.5. The fourth-order valence-corrected chi connectivity index (χ4v) is 3.89. The molecule has 0 spiro atoms. The summed E-state index contributed by atoms with van der Waals surface area (Å²) in [6.45, 7) is 4.06. The molecular weight excluding hydrogens is 349 g/mol. The van der Waals surface area contributed by atoms with Crippen molar-refractivity contribution < 1.29 is 18.0 Å². The summed E-state index contributed by atoms with van der Waals surface area (Å²) in [7, 11) is -3.62. The summed E-state index contributed by atoms with van der Waals surface area (Å²) in [5.74, 6) is 0.482. The van der Waals surface area contributed by atoms with Crippen molar-refractivity contribution in [1.29, 1.82) is 0 Å². The van der Waals surface area contributed by atoms with E-state index in [9.17, 15) is 8.42 Å². The Morgan fingerprint density at radius 2 is 2.18 bits per heavy atom. The third kappa shape index (κ3) is 3.86. The van der Waals surface area contributed by atoms with Crippen LogP contribution in [0.3, 0.4) is 0 Å². The van der Waals surface area contributed by atoms with E-state index in [1.807, 2.05) is 6.92 Å². The first-order valence-corrected chi connectivity index (χ1v) is 9.31. The van der Waals surface area contributed by atoms with Crippen molar-refractivity contribution in [2.24, 2.45) is 5.16 Å². The van der Waals surface area contributed by atoms with Crippen molar-refractivity contribution in [3.05, 3.63) is 28.8 Å². The lowest BCUT2D eigenvalue weighted by Crippen LogP contribution is -2.28. The molecule has 122 valence electrons. The molecule has 1 unspecified atom stereocenters. The Morgan fingerprint density at radius 3 is 2.77 bits per heavy atom. The lowest BCUT2D eigenvalue weighted by atomic mass is 10.1. The second-order valence-corrected chi connectivity index (χ2v) is 7.95. The maximum Gasteiger partial charge on any atom is 0.199 e. The zero-order chi connectivity index (χ0) is 16.4. The molecule has 2 rings (SSSR count). The Hall–Kier alpha value is -0.980. The van der Waals surface area contributed by atoms with Gasteiger partial charge in [0.15, 0.2) is 20.5 Å². The molecular formula is C14H17Cl2NO4S. The van der Waals surface area contributed by atoms with Gasteiger partial charge in [0.1, 0.15) is 5.75 Å². The van der Waals surface area contributed by atoms with Gasteiger partial charge in [0, 0.05) is 11.4 Å². The number of nitrogens with zero attached hydrogens (tertiary/aromatic N) is 1. The molecule has 5 nitrogen and oxygen atoms in total. The van der Waals surface area contributed by atoms with Crippen LogP contribution in [0.4, 0.5) is 0 Å². The molecule has 0 amide bonds. The molecule has 0 saturated heterocycles. The van der Waals surface area contributed by atoms with Crippen LogP contribution in [0.5, 0.6) is 5.75 Å².